The number of amides is 1. The number of aliphatic hydroxyl groups excluding tert-OH is 5. The molecule has 1 fully saturated rings. The third-order valence-corrected chi connectivity index (χ3v) is 18.7. The van der Waals surface area contributed by atoms with Crippen molar-refractivity contribution in [1.29, 1.82) is 0 Å². The SMILES string of the molecule is CCCCCCCCCCCC/C=C/C(O)C(COC1OC(CO)C(O)C(O)C1O)NC(=O)CCCCCCCCCCCCCCCCCCC/C=C\C/C=C\CCCCCCCCCCCCCCCCCOC(=O)CCCCCCCCCCCCC. The molecule has 6 N–H and O–H groups in total. The van der Waals surface area contributed by atoms with E-state index in [1.807, 2.05) is 6.08 Å². The number of ether oxygens (including phenoxy) is 3. The molecule has 530 valence electrons. The molecule has 0 aromatic rings. The average Bonchev–Trinajstić information content (AvgIpc) is 1.01. The standard InChI is InChI=1S/C79H149NO10/c1-3-5-7-9-11-13-15-46-49-53-57-61-65-72(82)71(70-89-79-78(87)77(86)76(85)73(69-81)90-79)80-74(83)66-62-58-54-50-47-43-41-39-37-35-33-31-29-27-25-23-21-19-17-16-18-20-22-24-26-28-30-32-34-36-38-40-42-44-48-52-56-60-64-68-88-75(84)67-63-59-55-51-45-14-12-10-8-6-4-2/h16-17,20,22,61,65,71-73,76-79,81-82,85-87H,3-15,18-19,21,23-60,62-64,66-70H2,1-2H3,(H,80,83)/b17-16-,22-20-,65-61+. The van der Waals surface area contributed by atoms with Gasteiger partial charge in [-0.05, 0) is 64.2 Å². The van der Waals surface area contributed by atoms with E-state index in [0.717, 1.165) is 57.8 Å². The van der Waals surface area contributed by atoms with Gasteiger partial charge < -0.3 is 45.1 Å². The van der Waals surface area contributed by atoms with Gasteiger partial charge in [0, 0.05) is 12.8 Å². The van der Waals surface area contributed by atoms with E-state index in [2.05, 4.69) is 43.5 Å². The van der Waals surface area contributed by atoms with Crippen LogP contribution in [-0.4, -0.2) is 100 Å². The van der Waals surface area contributed by atoms with Gasteiger partial charge in [-0.25, -0.2) is 0 Å². The van der Waals surface area contributed by atoms with Gasteiger partial charge in [0.25, 0.3) is 0 Å². The first kappa shape index (κ1) is 85.9. The highest BCUT2D eigenvalue weighted by Gasteiger charge is 2.44. The Hall–Kier alpha value is -2.12. The maximum Gasteiger partial charge on any atom is 0.305 e. The molecule has 1 rings (SSSR count). The number of aliphatic hydroxyl groups is 5. The van der Waals surface area contributed by atoms with Gasteiger partial charge in [-0.1, -0.05) is 352 Å². The second kappa shape index (κ2) is 68.3. The van der Waals surface area contributed by atoms with Crippen LogP contribution in [0.5, 0.6) is 0 Å². The van der Waals surface area contributed by atoms with Crippen LogP contribution in [0.3, 0.4) is 0 Å². The monoisotopic (exact) mass is 1270 g/mol. The van der Waals surface area contributed by atoms with Gasteiger partial charge in [-0.3, -0.25) is 9.59 Å². The summed E-state index contributed by atoms with van der Waals surface area (Å²) in [4.78, 5) is 25.1. The molecular formula is C79H149NO10. The zero-order valence-electron chi connectivity index (χ0n) is 59.1. The van der Waals surface area contributed by atoms with Crippen LogP contribution in [0, 0.1) is 0 Å². The maximum absolute atomic E-state index is 13.1. The maximum atomic E-state index is 13.1. The Morgan fingerprint density at radius 3 is 1.12 bits per heavy atom. The molecule has 0 spiro atoms. The number of hydrogen-bond donors (Lipinski definition) is 6. The van der Waals surface area contributed by atoms with E-state index in [0.29, 0.717) is 19.4 Å². The Bertz CT molecular complexity index is 1590. The first-order chi connectivity index (χ1) is 44.2. The Labute approximate surface area is 555 Å². The average molecular weight is 1270 g/mol. The minimum Gasteiger partial charge on any atom is -0.466 e. The molecule has 0 bridgehead atoms. The van der Waals surface area contributed by atoms with Gasteiger partial charge in [0.05, 0.1) is 32.0 Å². The summed E-state index contributed by atoms with van der Waals surface area (Å²) in [5, 5.41) is 54.5. The predicted molar refractivity (Wildman–Crippen MR) is 380 cm³/mol. The van der Waals surface area contributed by atoms with Gasteiger partial charge >= 0.3 is 5.97 Å². The number of esters is 1. The second-order valence-electron chi connectivity index (χ2n) is 27.4. The molecule has 1 saturated heterocycles. The number of unbranched alkanes of at least 4 members (excludes halogenated alkanes) is 52. The lowest BCUT2D eigenvalue weighted by Crippen LogP contribution is -2.60. The molecule has 11 nitrogen and oxygen atoms in total. The fraction of sp³-hybridized carbons (Fsp3) is 0.899. The highest BCUT2D eigenvalue weighted by atomic mass is 16.7. The molecule has 0 aromatic heterocycles. The van der Waals surface area contributed by atoms with E-state index in [1.165, 1.54) is 308 Å². The van der Waals surface area contributed by atoms with Crippen LogP contribution >= 0.6 is 0 Å². The van der Waals surface area contributed by atoms with Crippen LogP contribution in [0.15, 0.2) is 36.5 Å². The number of carbonyl (C=O) groups excluding carboxylic acids is 2. The summed E-state index contributed by atoms with van der Waals surface area (Å²) in [5.41, 5.74) is 0. The lowest BCUT2D eigenvalue weighted by Gasteiger charge is -2.40. The molecule has 0 saturated carbocycles. The number of hydrogen-bond acceptors (Lipinski definition) is 10. The van der Waals surface area contributed by atoms with Gasteiger partial charge in [-0.2, -0.15) is 0 Å². The van der Waals surface area contributed by atoms with Crippen molar-refractivity contribution in [2.45, 2.75) is 436 Å². The van der Waals surface area contributed by atoms with Crippen molar-refractivity contribution in [3.05, 3.63) is 36.5 Å². The molecule has 90 heavy (non-hydrogen) atoms. The highest BCUT2D eigenvalue weighted by Crippen LogP contribution is 2.24. The lowest BCUT2D eigenvalue weighted by atomic mass is 9.99. The van der Waals surface area contributed by atoms with Crippen LogP contribution in [0.1, 0.15) is 393 Å². The molecule has 7 atom stereocenters. The third-order valence-electron chi connectivity index (χ3n) is 18.7. The molecule has 7 unspecified atom stereocenters. The van der Waals surface area contributed by atoms with Crippen LogP contribution in [-0.2, 0) is 23.8 Å². The summed E-state index contributed by atoms with van der Waals surface area (Å²) in [5.74, 6) is -0.162. The fourth-order valence-corrected chi connectivity index (χ4v) is 12.6. The van der Waals surface area contributed by atoms with Crippen molar-refractivity contribution >= 4 is 11.9 Å². The van der Waals surface area contributed by atoms with Crippen molar-refractivity contribution < 1.29 is 49.3 Å². The van der Waals surface area contributed by atoms with Gasteiger partial charge in [0.15, 0.2) is 6.29 Å². The first-order valence-electron chi connectivity index (χ1n) is 39.3. The third kappa shape index (κ3) is 56.2. The van der Waals surface area contributed by atoms with E-state index in [1.54, 1.807) is 6.08 Å². The van der Waals surface area contributed by atoms with E-state index in [9.17, 15) is 35.1 Å². The van der Waals surface area contributed by atoms with E-state index in [4.69, 9.17) is 14.2 Å². The Kier molecular flexibility index (Phi) is 65.2. The van der Waals surface area contributed by atoms with Gasteiger partial charge in [-0.15, -0.1) is 0 Å². The van der Waals surface area contributed by atoms with Crippen molar-refractivity contribution in [3.8, 4) is 0 Å². The summed E-state index contributed by atoms with van der Waals surface area (Å²) in [7, 11) is 0. The van der Waals surface area contributed by atoms with Crippen molar-refractivity contribution in [2.75, 3.05) is 19.8 Å². The summed E-state index contributed by atoms with van der Waals surface area (Å²) in [6.45, 7) is 4.38. The Balaban J connectivity index is 1.91. The van der Waals surface area contributed by atoms with Crippen molar-refractivity contribution in [1.82, 2.24) is 5.32 Å². The number of rotatable bonds is 70. The Morgan fingerprint density at radius 1 is 0.411 bits per heavy atom. The molecular weight excluding hydrogens is 1120 g/mol. The molecule has 0 radical (unpaired) electrons. The first-order valence-corrected chi connectivity index (χ1v) is 39.3. The molecule has 0 aromatic carbocycles. The number of nitrogens with one attached hydrogen (secondary N) is 1. The lowest BCUT2D eigenvalue weighted by molar-refractivity contribution is -0.302. The highest BCUT2D eigenvalue weighted by molar-refractivity contribution is 5.76. The molecule has 1 aliphatic rings. The van der Waals surface area contributed by atoms with Gasteiger partial charge in [0.2, 0.25) is 5.91 Å². The van der Waals surface area contributed by atoms with E-state index < -0.39 is 49.5 Å². The minimum atomic E-state index is -1.57. The molecule has 1 amide bonds. The molecule has 0 aliphatic carbocycles. The van der Waals surface area contributed by atoms with Crippen LogP contribution in [0.4, 0.5) is 0 Å². The largest absolute Gasteiger partial charge is 0.466 e. The Morgan fingerprint density at radius 2 is 0.744 bits per heavy atom. The quantitative estimate of drug-likeness (QED) is 0.0195. The minimum absolute atomic E-state index is 0.0148. The number of allylic oxidation sites excluding steroid dienone is 5. The predicted octanol–water partition coefficient (Wildman–Crippen LogP) is 20.9. The molecule has 1 aliphatic heterocycles. The fourth-order valence-electron chi connectivity index (χ4n) is 12.6. The van der Waals surface area contributed by atoms with Crippen LogP contribution in [0.25, 0.3) is 0 Å². The summed E-state index contributed by atoms with van der Waals surface area (Å²) < 4.78 is 16.7. The molecule has 11 heteroatoms. The summed E-state index contributed by atoms with van der Waals surface area (Å²) >= 11 is 0. The van der Waals surface area contributed by atoms with E-state index in [-0.39, 0.29) is 18.5 Å². The van der Waals surface area contributed by atoms with Crippen LogP contribution in [0.2, 0.25) is 0 Å². The second-order valence-corrected chi connectivity index (χ2v) is 27.4. The molecule has 1 heterocycles. The zero-order valence-corrected chi connectivity index (χ0v) is 59.1. The van der Waals surface area contributed by atoms with Crippen molar-refractivity contribution in [2.24, 2.45) is 0 Å². The van der Waals surface area contributed by atoms with Crippen molar-refractivity contribution in [3.63, 3.8) is 0 Å². The smallest absolute Gasteiger partial charge is 0.305 e. The van der Waals surface area contributed by atoms with Gasteiger partial charge in [0.1, 0.15) is 24.4 Å². The number of carbonyl (C=O) groups is 2. The zero-order chi connectivity index (χ0) is 65.1. The topological polar surface area (TPSA) is 175 Å². The summed E-state index contributed by atoms with van der Waals surface area (Å²) in [6.07, 6.45) is 78.9. The van der Waals surface area contributed by atoms with E-state index >= 15 is 0 Å². The van der Waals surface area contributed by atoms with Crippen LogP contribution < -0.4 is 5.32 Å². The summed E-state index contributed by atoms with van der Waals surface area (Å²) in [6, 6.07) is -0.807. The normalized spacial score (nSPS) is 17.8.